The molecule has 0 atom stereocenters. The normalized spacial score (nSPS) is 14.1. The minimum Gasteiger partial charge on any atom is -0.427 e. The van der Waals surface area contributed by atoms with Crippen LogP contribution in [0, 0.1) is 0 Å². The van der Waals surface area contributed by atoms with Gasteiger partial charge in [-0.2, -0.15) is 0 Å². The summed E-state index contributed by atoms with van der Waals surface area (Å²) in [5.74, 6) is 0.893. The van der Waals surface area contributed by atoms with E-state index in [2.05, 4.69) is 9.97 Å². The number of benzene rings is 1. The van der Waals surface area contributed by atoms with Gasteiger partial charge in [0.15, 0.2) is 0 Å². The number of hydrogen-bond donors (Lipinski definition) is 0. The van der Waals surface area contributed by atoms with Gasteiger partial charge in [0.1, 0.15) is 5.75 Å². The van der Waals surface area contributed by atoms with Gasteiger partial charge in [0.05, 0.1) is 11.4 Å². The van der Waals surface area contributed by atoms with E-state index in [0.717, 1.165) is 17.0 Å². The van der Waals surface area contributed by atoms with Crippen molar-refractivity contribution in [2.24, 2.45) is 0 Å². The minimum absolute atomic E-state index is 0.226. The number of aromatic nitrogens is 2. The Bertz CT molecular complexity index is 619. The van der Waals surface area contributed by atoms with E-state index in [1.54, 1.807) is 31.5 Å². The minimum atomic E-state index is -0.226. The van der Waals surface area contributed by atoms with Crippen LogP contribution in [-0.2, 0) is 4.79 Å². The largest absolute Gasteiger partial charge is 0.427 e. The van der Waals surface area contributed by atoms with Gasteiger partial charge in [-0.3, -0.25) is 14.8 Å². The number of esters is 1. The third-order valence-electron chi connectivity index (χ3n) is 3.34. The second kappa shape index (κ2) is 5.41. The zero-order chi connectivity index (χ0) is 13.9. The number of carbonyl (C=O) groups excluding carboxylic acids is 1. The lowest BCUT2D eigenvalue weighted by molar-refractivity contribution is -0.134. The Morgan fingerprint density at radius 3 is 2.55 bits per heavy atom. The van der Waals surface area contributed by atoms with Crippen LogP contribution in [0.1, 0.15) is 37.8 Å². The van der Waals surface area contributed by atoms with Gasteiger partial charge in [0, 0.05) is 30.3 Å². The van der Waals surface area contributed by atoms with E-state index in [-0.39, 0.29) is 5.97 Å². The molecule has 1 aliphatic carbocycles. The summed E-state index contributed by atoms with van der Waals surface area (Å²) in [5.41, 5.74) is 3.02. The van der Waals surface area contributed by atoms with Crippen molar-refractivity contribution >= 4 is 5.97 Å². The molecular formula is C16H16N2O2. The average Bonchev–Trinajstić information content (AvgIpc) is 3.32. The Balaban J connectivity index is 1.86. The standard InChI is InChI=1S/C16H16N2O2/c1-2-14(19)20-13-7-5-12(6-8-13)16-15(11-3-4-11)17-9-10-18-16/h5-11H,2-4H2,1H3. The van der Waals surface area contributed by atoms with Crippen molar-refractivity contribution in [1.82, 2.24) is 9.97 Å². The van der Waals surface area contributed by atoms with E-state index in [4.69, 9.17) is 4.74 Å². The van der Waals surface area contributed by atoms with Crippen molar-refractivity contribution in [3.63, 3.8) is 0 Å². The van der Waals surface area contributed by atoms with Gasteiger partial charge in [-0.15, -0.1) is 0 Å². The summed E-state index contributed by atoms with van der Waals surface area (Å²) in [6.07, 6.45) is 6.22. The predicted molar refractivity (Wildman–Crippen MR) is 75.4 cm³/mol. The number of carbonyl (C=O) groups is 1. The van der Waals surface area contributed by atoms with Crippen molar-refractivity contribution in [2.75, 3.05) is 0 Å². The van der Waals surface area contributed by atoms with Gasteiger partial charge in [-0.05, 0) is 37.1 Å². The van der Waals surface area contributed by atoms with Gasteiger partial charge >= 0.3 is 5.97 Å². The Morgan fingerprint density at radius 2 is 1.90 bits per heavy atom. The molecule has 0 saturated heterocycles. The molecule has 1 heterocycles. The Morgan fingerprint density at radius 1 is 1.20 bits per heavy atom. The number of hydrogen-bond acceptors (Lipinski definition) is 4. The van der Waals surface area contributed by atoms with Crippen LogP contribution in [0.15, 0.2) is 36.7 Å². The van der Waals surface area contributed by atoms with Crippen LogP contribution in [0.3, 0.4) is 0 Å². The van der Waals surface area contributed by atoms with Gasteiger partial charge in [-0.1, -0.05) is 6.92 Å². The fraction of sp³-hybridized carbons (Fsp3) is 0.312. The molecule has 1 aliphatic rings. The average molecular weight is 268 g/mol. The summed E-state index contributed by atoms with van der Waals surface area (Å²) in [6.45, 7) is 1.78. The zero-order valence-electron chi connectivity index (χ0n) is 11.4. The number of ether oxygens (including phenoxy) is 1. The SMILES string of the molecule is CCC(=O)Oc1ccc(-c2nccnc2C2CC2)cc1. The van der Waals surface area contributed by atoms with E-state index < -0.39 is 0 Å². The van der Waals surface area contributed by atoms with Crippen molar-refractivity contribution in [3.8, 4) is 17.0 Å². The van der Waals surface area contributed by atoms with Crippen LogP contribution in [0.25, 0.3) is 11.3 Å². The van der Waals surface area contributed by atoms with Gasteiger partial charge in [-0.25, -0.2) is 0 Å². The van der Waals surface area contributed by atoms with Crippen LogP contribution in [0.5, 0.6) is 5.75 Å². The highest BCUT2D eigenvalue weighted by Crippen LogP contribution is 2.42. The molecule has 1 saturated carbocycles. The summed E-state index contributed by atoms with van der Waals surface area (Å²) in [6, 6.07) is 7.45. The van der Waals surface area contributed by atoms with E-state index in [0.29, 0.717) is 18.1 Å². The maximum absolute atomic E-state index is 11.2. The van der Waals surface area contributed by atoms with Crippen molar-refractivity contribution < 1.29 is 9.53 Å². The maximum Gasteiger partial charge on any atom is 0.310 e. The Kier molecular flexibility index (Phi) is 3.46. The molecular weight excluding hydrogens is 252 g/mol. The lowest BCUT2D eigenvalue weighted by Crippen LogP contribution is -2.05. The van der Waals surface area contributed by atoms with Gasteiger partial charge in [0.2, 0.25) is 0 Å². The monoisotopic (exact) mass is 268 g/mol. The molecule has 0 N–H and O–H groups in total. The van der Waals surface area contributed by atoms with E-state index in [1.165, 1.54) is 12.8 Å². The molecule has 1 aromatic carbocycles. The summed E-state index contributed by atoms with van der Waals surface area (Å²) in [7, 11) is 0. The highest BCUT2D eigenvalue weighted by atomic mass is 16.5. The summed E-state index contributed by atoms with van der Waals surface area (Å²) in [5, 5.41) is 0. The molecule has 0 amide bonds. The first-order valence-corrected chi connectivity index (χ1v) is 6.90. The lowest BCUT2D eigenvalue weighted by Gasteiger charge is -2.07. The third kappa shape index (κ3) is 2.69. The van der Waals surface area contributed by atoms with Crippen molar-refractivity contribution in [3.05, 3.63) is 42.4 Å². The van der Waals surface area contributed by atoms with Crippen molar-refractivity contribution in [1.29, 1.82) is 0 Å². The van der Waals surface area contributed by atoms with Crippen LogP contribution in [0.4, 0.5) is 0 Å². The smallest absolute Gasteiger partial charge is 0.310 e. The fourth-order valence-electron chi connectivity index (χ4n) is 2.11. The molecule has 2 aromatic rings. The Labute approximate surface area is 117 Å². The van der Waals surface area contributed by atoms with Crippen LogP contribution in [-0.4, -0.2) is 15.9 Å². The molecule has 0 radical (unpaired) electrons. The summed E-state index contributed by atoms with van der Waals surface area (Å²) < 4.78 is 5.17. The van der Waals surface area contributed by atoms with Gasteiger partial charge < -0.3 is 4.74 Å². The highest BCUT2D eigenvalue weighted by Gasteiger charge is 2.28. The highest BCUT2D eigenvalue weighted by molar-refractivity contribution is 5.72. The lowest BCUT2D eigenvalue weighted by atomic mass is 10.1. The molecule has 0 aliphatic heterocycles. The molecule has 3 rings (SSSR count). The maximum atomic E-state index is 11.2. The van der Waals surface area contributed by atoms with Crippen molar-refractivity contribution in [2.45, 2.75) is 32.1 Å². The predicted octanol–water partition coefficient (Wildman–Crippen LogP) is 3.34. The third-order valence-corrected chi connectivity index (χ3v) is 3.34. The van der Waals surface area contributed by atoms with E-state index >= 15 is 0 Å². The molecule has 0 unspecified atom stereocenters. The molecule has 4 nitrogen and oxygen atoms in total. The molecule has 20 heavy (non-hydrogen) atoms. The van der Waals surface area contributed by atoms with E-state index in [9.17, 15) is 4.79 Å². The second-order valence-corrected chi connectivity index (χ2v) is 4.92. The fourth-order valence-corrected chi connectivity index (χ4v) is 2.11. The molecule has 1 fully saturated rings. The summed E-state index contributed by atoms with van der Waals surface area (Å²) in [4.78, 5) is 20.1. The van der Waals surface area contributed by atoms with Crippen LogP contribution in [0.2, 0.25) is 0 Å². The van der Waals surface area contributed by atoms with Crippen LogP contribution < -0.4 is 4.74 Å². The molecule has 102 valence electrons. The first-order chi connectivity index (χ1) is 9.78. The molecule has 4 heteroatoms. The quantitative estimate of drug-likeness (QED) is 0.630. The topological polar surface area (TPSA) is 52.1 Å². The molecule has 0 spiro atoms. The number of rotatable bonds is 4. The number of nitrogens with zero attached hydrogens (tertiary/aromatic N) is 2. The molecule has 1 aromatic heterocycles. The summed E-state index contributed by atoms with van der Waals surface area (Å²) >= 11 is 0. The Hall–Kier alpha value is -2.23. The van der Waals surface area contributed by atoms with E-state index in [1.807, 2.05) is 12.1 Å². The second-order valence-electron chi connectivity index (χ2n) is 4.92. The van der Waals surface area contributed by atoms with Crippen LogP contribution >= 0.6 is 0 Å². The molecule has 0 bridgehead atoms. The zero-order valence-corrected chi connectivity index (χ0v) is 11.4. The van der Waals surface area contributed by atoms with Gasteiger partial charge in [0.25, 0.3) is 0 Å². The first-order valence-electron chi connectivity index (χ1n) is 6.90. The first kappa shape index (κ1) is 12.8.